The van der Waals surface area contributed by atoms with E-state index in [0.717, 1.165) is 11.3 Å². The first kappa shape index (κ1) is 13.1. The Morgan fingerprint density at radius 2 is 1.94 bits per heavy atom. The molecule has 18 heavy (non-hydrogen) atoms. The van der Waals surface area contributed by atoms with Crippen LogP contribution in [0.5, 0.6) is 0 Å². The van der Waals surface area contributed by atoms with E-state index in [9.17, 15) is 8.42 Å². The summed E-state index contributed by atoms with van der Waals surface area (Å²) < 4.78 is 22.6. The lowest BCUT2D eigenvalue weighted by atomic mass is 10.2. The number of rotatable bonds is 3. The zero-order valence-corrected chi connectivity index (χ0v) is 11.5. The van der Waals surface area contributed by atoms with Gasteiger partial charge in [-0.05, 0) is 24.1 Å². The Morgan fingerprint density at radius 3 is 2.44 bits per heavy atom. The quantitative estimate of drug-likeness (QED) is 0.776. The summed E-state index contributed by atoms with van der Waals surface area (Å²) in [6.07, 6.45) is 2.42. The minimum atomic E-state index is -2.84. The molecule has 1 aromatic carbocycles. The summed E-state index contributed by atoms with van der Waals surface area (Å²) in [6, 6.07) is 7.95. The summed E-state index contributed by atoms with van der Waals surface area (Å²) >= 11 is 0. The van der Waals surface area contributed by atoms with Crippen LogP contribution < -0.4 is 4.90 Å². The van der Waals surface area contributed by atoms with Crippen LogP contribution in [0, 0.1) is 0 Å². The Balaban J connectivity index is 2.01. The smallest absolute Gasteiger partial charge is 0.152 e. The molecule has 5 heteroatoms. The summed E-state index contributed by atoms with van der Waals surface area (Å²) in [5.41, 5.74) is 2.14. The van der Waals surface area contributed by atoms with Crippen LogP contribution in [-0.2, 0) is 9.84 Å². The molecule has 1 aliphatic heterocycles. The van der Waals surface area contributed by atoms with Crippen molar-refractivity contribution in [1.29, 1.82) is 0 Å². The molecule has 4 nitrogen and oxygen atoms in total. The maximum atomic E-state index is 11.3. The van der Waals surface area contributed by atoms with E-state index >= 15 is 0 Å². The maximum absolute atomic E-state index is 11.3. The molecule has 0 saturated carbocycles. The van der Waals surface area contributed by atoms with Crippen LogP contribution in [-0.4, -0.2) is 46.3 Å². The highest BCUT2D eigenvalue weighted by Gasteiger charge is 2.26. The number of hydrogen-bond donors (Lipinski definition) is 0. The molecule has 1 saturated heterocycles. The minimum absolute atomic E-state index is 0.0662. The Morgan fingerprint density at radius 1 is 1.28 bits per heavy atom. The summed E-state index contributed by atoms with van der Waals surface area (Å²) in [7, 11) is 1.15. The number of benzene rings is 1. The second-order valence-corrected chi connectivity index (χ2v) is 7.05. The van der Waals surface area contributed by atoms with Crippen LogP contribution in [0.1, 0.15) is 12.0 Å². The summed E-state index contributed by atoms with van der Waals surface area (Å²) in [6.45, 7) is 0. The van der Waals surface area contributed by atoms with Gasteiger partial charge in [-0.2, -0.15) is 0 Å². The lowest BCUT2D eigenvalue weighted by Crippen LogP contribution is -2.08. The van der Waals surface area contributed by atoms with Crippen LogP contribution in [0.3, 0.4) is 0 Å². The molecule has 0 unspecified atom stereocenters. The molecule has 0 aliphatic carbocycles. The van der Waals surface area contributed by atoms with Crippen molar-refractivity contribution in [3.63, 3.8) is 0 Å². The van der Waals surface area contributed by atoms with Gasteiger partial charge < -0.3 is 4.90 Å². The van der Waals surface area contributed by atoms with Gasteiger partial charge in [0.05, 0.1) is 17.5 Å². The third kappa shape index (κ3) is 3.32. The van der Waals surface area contributed by atoms with Crippen molar-refractivity contribution in [2.45, 2.75) is 12.5 Å². The standard InChI is InChI=1S/C13H18N2O2S/c1-15(2)13-5-3-11(4-6-13)9-14-12-7-8-18(16,17)10-12/h3-6,9,12H,7-8,10H2,1-2H3/t12-/m0/s1. The van der Waals surface area contributed by atoms with E-state index in [-0.39, 0.29) is 17.5 Å². The molecule has 1 heterocycles. The highest BCUT2D eigenvalue weighted by molar-refractivity contribution is 7.91. The SMILES string of the molecule is CN(C)c1ccc(C=N[C@H]2CCS(=O)(=O)C2)cc1. The zero-order chi connectivity index (χ0) is 13.2. The van der Waals surface area contributed by atoms with Gasteiger partial charge in [0.25, 0.3) is 0 Å². The summed E-state index contributed by atoms with van der Waals surface area (Å²) in [5.74, 6) is 0.466. The van der Waals surface area contributed by atoms with Crippen LogP contribution in [0.4, 0.5) is 5.69 Å². The van der Waals surface area contributed by atoms with Gasteiger partial charge in [0, 0.05) is 26.0 Å². The van der Waals surface area contributed by atoms with Crippen LogP contribution in [0.15, 0.2) is 29.3 Å². The fourth-order valence-electron chi connectivity index (χ4n) is 1.94. The van der Waals surface area contributed by atoms with Crippen molar-refractivity contribution < 1.29 is 8.42 Å². The fraction of sp³-hybridized carbons (Fsp3) is 0.462. The van der Waals surface area contributed by atoms with E-state index in [0.29, 0.717) is 6.42 Å². The Kier molecular flexibility index (Phi) is 3.71. The average molecular weight is 266 g/mol. The normalized spacial score (nSPS) is 22.4. The highest BCUT2D eigenvalue weighted by Crippen LogP contribution is 2.15. The van der Waals surface area contributed by atoms with E-state index in [1.54, 1.807) is 6.21 Å². The van der Waals surface area contributed by atoms with Gasteiger partial charge in [-0.1, -0.05) is 12.1 Å². The fourth-order valence-corrected chi connectivity index (χ4v) is 3.58. The average Bonchev–Trinajstić information content (AvgIpc) is 2.67. The van der Waals surface area contributed by atoms with E-state index in [1.807, 2.05) is 43.3 Å². The number of nitrogens with zero attached hydrogens (tertiary/aromatic N) is 2. The molecule has 0 bridgehead atoms. The number of anilines is 1. The molecule has 0 radical (unpaired) electrons. The predicted molar refractivity (Wildman–Crippen MR) is 75.4 cm³/mol. The second kappa shape index (κ2) is 5.10. The first-order valence-corrected chi connectivity index (χ1v) is 7.79. The lowest BCUT2D eigenvalue weighted by molar-refractivity contribution is 0.601. The van der Waals surface area contributed by atoms with Crippen molar-refractivity contribution in [2.24, 2.45) is 4.99 Å². The third-order valence-corrected chi connectivity index (χ3v) is 4.80. The van der Waals surface area contributed by atoms with Gasteiger partial charge in [-0.3, -0.25) is 4.99 Å². The molecule has 1 fully saturated rings. The van der Waals surface area contributed by atoms with E-state index in [4.69, 9.17) is 0 Å². The van der Waals surface area contributed by atoms with Crippen LogP contribution >= 0.6 is 0 Å². The number of sulfone groups is 1. The number of aliphatic imine (C=N–C) groups is 1. The van der Waals surface area contributed by atoms with E-state index < -0.39 is 9.84 Å². The molecular weight excluding hydrogens is 248 g/mol. The molecule has 98 valence electrons. The van der Waals surface area contributed by atoms with Crippen molar-refractivity contribution in [3.8, 4) is 0 Å². The second-order valence-electron chi connectivity index (χ2n) is 4.82. The van der Waals surface area contributed by atoms with Gasteiger partial charge in [-0.25, -0.2) is 8.42 Å². The minimum Gasteiger partial charge on any atom is -0.378 e. The van der Waals surface area contributed by atoms with Gasteiger partial charge in [0.15, 0.2) is 9.84 Å². The van der Waals surface area contributed by atoms with Crippen molar-refractivity contribution in [2.75, 3.05) is 30.5 Å². The van der Waals surface area contributed by atoms with E-state index in [1.165, 1.54) is 0 Å². The molecule has 1 atom stereocenters. The van der Waals surface area contributed by atoms with Gasteiger partial charge >= 0.3 is 0 Å². The number of hydrogen-bond acceptors (Lipinski definition) is 4. The Labute approximate surface area is 108 Å². The molecule has 1 aliphatic rings. The maximum Gasteiger partial charge on any atom is 0.152 e. The lowest BCUT2D eigenvalue weighted by Gasteiger charge is -2.11. The monoisotopic (exact) mass is 266 g/mol. The third-order valence-electron chi connectivity index (χ3n) is 3.05. The topological polar surface area (TPSA) is 49.7 Å². The van der Waals surface area contributed by atoms with Crippen molar-refractivity contribution >= 4 is 21.7 Å². The molecule has 0 spiro atoms. The summed E-state index contributed by atoms with van der Waals surface area (Å²) in [5, 5.41) is 0. The van der Waals surface area contributed by atoms with Gasteiger partial charge in [0.1, 0.15) is 0 Å². The molecule has 2 rings (SSSR count). The highest BCUT2D eigenvalue weighted by atomic mass is 32.2. The molecule has 1 aromatic rings. The first-order valence-electron chi connectivity index (χ1n) is 5.97. The largest absolute Gasteiger partial charge is 0.378 e. The Hall–Kier alpha value is -1.36. The van der Waals surface area contributed by atoms with Crippen molar-refractivity contribution in [1.82, 2.24) is 0 Å². The first-order chi connectivity index (χ1) is 8.46. The predicted octanol–water partition coefficient (Wildman–Crippen LogP) is 1.36. The van der Waals surface area contributed by atoms with Crippen molar-refractivity contribution in [3.05, 3.63) is 29.8 Å². The van der Waals surface area contributed by atoms with E-state index in [2.05, 4.69) is 4.99 Å². The molecular formula is C13H18N2O2S. The van der Waals surface area contributed by atoms with Gasteiger partial charge in [0.2, 0.25) is 0 Å². The van der Waals surface area contributed by atoms with Crippen LogP contribution in [0.2, 0.25) is 0 Å². The molecule has 0 N–H and O–H groups in total. The van der Waals surface area contributed by atoms with Gasteiger partial charge in [-0.15, -0.1) is 0 Å². The Bertz CT molecular complexity index is 533. The summed E-state index contributed by atoms with van der Waals surface area (Å²) in [4.78, 5) is 6.38. The van der Waals surface area contributed by atoms with Crippen LogP contribution in [0.25, 0.3) is 0 Å². The zero-order valence-electron chi connectivity index (χ0n) is 10.7. The molecule has 0 amide bonds. The molecule has 0 aromatic heterocycles.